The molecule has 0 aliphatic rings. The minimum absolute atomic E-state index is 0.127. The van der Waals surface area contributed by atoms with Crippen molar-refractivity contribution in [1.82, 2.24) is 5.32 Å². The molecule has 0 amide bonds. The summed E-state index contributed by atoms with van der Waals surface area (Å²) in [6.45, 7) is 2.47. The molecular formula is C12H19NO3S. The number of hydrogen-bond acceptors (Lipinski definition) is 4. The van der Waals surface area contributed by atoms with Crippen LogP contribution in [0.1, 0.15) is 18.5 Å². The Kier molecular flexibility index (Phi) is 4.96. The Bertz CT molecular complexity index is 439. The van der Waals surface area contributed by atoms with Crippen LogP contribution in [0.5, 0.6) is 5.75 Å². The summed E-state index contributed by atoms with van der Waals surface area (Å²) in [5.41, 5.74) is 1.11. The molecule has 1 aromatic carbocycles. The topological polar surface area (TPSA) is 55.4 Å². The molecule has 0 unspecified atom stereocenters. The average Bonchev–Trinajstić information content (AvgIpc) is 2.27. The smallest absolute Gasteiger partial charge is 0.148 e. The number of rotatable bonds is 6. The van der Waals surface area contributed by atoms with Crippen LogP contribution in [-0.4, -0.2) is 34.1 Å². The molecule has 1 rings (SSSR count). The molecule has 0 spiro atoms. The summed E-state index contributed by atoms with van der Waals surface area (Å²) < 4.78 is 27.0. The molecule has 0 bridgehead atoms. The molecule has 4 nitrogen and oxygen atoms in total. The molecule has 5 heteroatoms. The van der Waals surface area contributed by atoms with Crippen LogP contribution in [0.15, 0.2) is 24.3 Å². The zero-order valence-electron chi connectivity index (χ0n) is 10.4. The van der Waals surface area contributed by atoms with Crippen molar-refractivity contribution in [3.63, 3.8) is 0 Å². The van der Waals surface area contributed by atoms with Gasteiger partial charge >= 0.3 is 0 Å². The third-order valence-corrected chi connectivity index (χ3v) is 3.48. The van der Waals surface area contributed by atoms with E-state index in [-0.39, 0.29) is 11.8 Å². The Balaban J connectivity index is 2.49. The number of ether oxygens (including phenoxy) is 1. The van der Waals surface area contributed by atoms with E-state index in [0.717, 1.165) is 11.3 Å². The Morgan fingerprint density at radius 3 is 2.35 bits per heavy atom. The molecule has 0 heterocycles. The van der Waals surface area contributed by atoms with E-state index in [2.05, 4.69) is 5.32 Å². The molecule has 17 heavy (non-hydrogen) atoms. The monoisotopic (exact) mass is 257 g/mol. The second-order valence-corrected chi connectivity index (χ2v) is 6.34. The van der Waals surface area contributed by atoms with Crippen molar-refractivity contribution >= 4 is 9.84 Å². The van der Waals surface area contributed by atoms with Crippen LogP contribution in [0.2, 0.25) is 0 Å². The SMILES string of the molecule is COc1ccc([C@@H](C)NCCS(C)(=O)=O)cc1. The van der Waals surface area contributed by atoms with Crippen LogP contribution in [0.25, 0.3) is 0 Å². The van der Waals surface area contributed by atoms with Crippen LogP contribution in [0, 0.1) is 0 Å². The summed E-state index contributed by atoms with van der Waals surface area (Å²) in [7, 11) is -1.27. The van der Waals surface area contributed by atoms with Crippen molar-refractivity contribution in [2.45, 2.75) is 13.0 Å². The lowest BCUT2D eigenvalue weighted by Gasteiger charge is -2.14. The molecule has 1 aromatic rings. The Labute approximate surface area is 103 Å². The first-order chi connectivity index (χ1) is 7.92. The molecule has 0 saturated carbocycles. The maximum absolute atomic E-state index is 11.0. The molecule has 0 aliphatic heterocycles. The lowest BCUT2D eigenvalue weighted by atomic mass is 10.1. The van der Waals surface area contributed by atoms with Crippen molar-refractivity contribution in [3.8, 4) is 5.75 Å². The molecule has 0 aliphatic carbocycles. The first-order valence-corrected chi connectivity index (χ1v) is 7.53. The van der Waals surface area contributed by atoms with Gasteiger partial charge < -0.3 is 10.1 Å². The number of hydrogen-bond donors (Lipinski definition) is 1. The molecular weight excluding hydrogens is 238 g/mol. The van der Waals surface area contributed by atoms with E-state index < -0.39 is 9.84 Å². The van der Waals surface area contributed by atoms with Crippen LogP contribution < -0.4 is 10.1 Å². The minimum atomic E-state index is -2.90. The highest BCUT2D eigenvalue weighted by molar-refractivity contribution is 7.90. The van der Waals surface area contributed by atoms with Crippen molar-refractivity contribution < 1.29 is 13.2 Å². The van der Waals surface area contributed by atoms with E-state index in [9.17, 15) is 8.42 Å². The van der Waals surface area contributed by atoms with Gasteiger partial charge in [-0.2, -0.15) is 0 Å². The molecule has 1 N–H and O–H groups in total. The molecule has 96 valence electrons. The van der Waals surface area contributed by atoms with Crippen molar-refractivity contribution in [3.05, 3.63) is 29.8 Å². The van der Waals surface area contributed by atoms with Crippen LogP contribution >= 0.6 is 0 Å². The van der Waals surface area contributed by atoms with Gasteiger partial charge in [-0.15, -0.1) is 0 Å². The number of methoxy groups -OCH3 is 1. The summed E-state index contributed by atoms with van der Waals surface area (Å²) in [5.74, 6) is 0.977. The Morgan fingerprint density at radius 2 is 1.88 bits per heavy atom. The molecule has 0 saturated heterocycles. The van der Waals surface area contributed by atoms with E-state index in [0.29, 0.717) is 6.54 Å². The third kappa shape index (κ3) is 5.19. The van der Waals surface area contributed by atoms with Gasteiger partial charge in [-0.3, -0.25) is 0 Å². The van der Waals surface area contributed by atoms with Crippen LogP contribution in [0.4, 0.5) is 0 Å². The summed E-state index contributed by atoms with van der Waals surface area (Å²) in [6, 6.07) is 7.85. The summed E-state index contributed by atoms with van der Waals surface area (Å²) in [6.07, 6.45) is 1.24. The fourth-order valence-electron chi connectivity index (χ4n) is 1.47. The molecule has 0 radical (unpaired) electrons. The largest absolute Gasteiger partial charge is 0.497 e. The van der Waals surface area contributed by atoms with Crippen molar-refractivity contribution in [2.75, 3.05) is 25.7 Å². The Hall–Kier alpha value is -1.07. The minimum Gasteiger partial charge on any atom is -0.497 e. The summed E-state index contributed by atoms with van der Waals surface area (Å²) in [5, 5.41) is 3.17. The van der Waals surface area contributed by atoms with E-state index in [1.807, 2.05) is 31.2 Å². The van der Waals surface area contributed by atoms with E-state index in [1.54, 1.807) is 7.11 Å². The quantitative estimate of drug-likeness (QED) is 0.836. The Morgan fingerprint density at radius 1 is 1.29 bits per heavy atom. The predicted molar refractivity (Wildman–Crippen MR) is 69.1 cm³/mol. The predicted octanol–water partition coefficient (Wildman–Crippen LogP) is 1.39. The zero-order chi connectivity index (χ0) is 12.9. The van der Waals surface area contributed by atoms with Crippen molar-refractivity contribution in [2.24, 2.45) is 0 Å². The van der Waals surface area contributed by atoms with Gasteiger partial charge in [0.15, 0.2) is 0 Å². The lowest BCUT2D eigenvalue weighted by molar-refractivity contribution is 0.414. The maximum Gasteiger partial charge on any atom is 0.148 e. The van der Waals surface area contributed by atoms with Gasteiger partial charge in [-0.1, -0.05) is 12.1 Å². The molecule has 1 atom stereocenters. The van der Waals surface area contributed by atoms with Gasteiger partial charge in [-0.25, -0.2) is 8.42 Å². The molecule has 0 aromatic heterocycles. The van der Waals surface area contributed by atoms with Gasteiger partial charge in [-0.05, 0) is 24.6 Å². The normalized spacial score (nSPS) is 13.4. The fraction of sp³-hybridized carbons (Fsp3) is 0.500. The van der Waals surface area contributed by atoms with E-state index >= 15 is 0 Å². The average molecular weight is 257 g/mol. The zero-order valence-corrected chi connectivity index (χ0v) is 11.3. The number of benzene rings is 1. The third-order valence-electron chi connectivity index (χ3n) is 2.54. The van der Waals surface area contributed by atoms with Gasteiger partial charge in [0, 0.05) is 18.8 Å². The maximum atomic E-state index is 11.0. The van der Waals surface area contributed by atoms with Gasteiger partial charge in [0.25, 0.3) is 0 Å². The van der Waals surface area contributed by atoms with Gasteiger partial charge in [0.1, 0.15) is 15.6 Å². The standard InChI is InChI=1S/C12H19NO3S/c1-10(13-8-9-17(3,14)15)11-4-6-12(16-2)7-5-11/h4-7,10,13H,8-9H2,1-3H3/t10-/m1/s1. The summed E-state index contributed by atoms with van der Waals surface area (Å²) >= 11 is 0. The summed E-state index contributed by atoms with van der Waals surface area (Å²) in [4.78, 5) is 0. The van der Waals surface area contributed by atoms with Crippen LogP contribution in [0.3, 0.4) is 0 Å². The van der Waals surface area contributed by atoms with Crippen LogP contribution in [-0.2, 0) is 9.84 Å². The first kappa shape index (κ1) is 14.0. The highest BCUT2D eigenvalue weighted by Crippen LogP contribution is 2.16. The highest BCUT2D eigenvalue weighted by atomic mass is 32.2. The fourth-order valence-corrected chi connectivity index (χ4v) is 1.96. The van der Waals surface area contributed by atoms with Crippen molar-refractivity contribution in [1.29, 1.82) is 0 Å². The highest BCUT2D eigenvalue weighted by Gasteiger charge is 2.07. The first-order valence-electron chi connectivity index (χ1n) is 5.47. The van der Waals surface area contributed by atoms with Gasteiger partial charge in [0.05, 0.1) is 12.9 Å². The van der Waals surface area contributed by atoms with Gasteiger partial charge in [0.2, 0.25) is 0 Å². The lowest BCUT2D eigenvalue weighted by Crippen LogP contribution is -2.25. The second kappa shape index (κ2) is 6.02. The number of nitrogens with one attached hydrogen (secondary N) is 1. The van der Waals surface area contributed by atoms with E-state index in [1.165, 1.54) is 6.26 Å². The van der Waals surface area contributed by atoms with E-state index in [4.69, 9.17) is 4.74 Å². The second-order valence-electron chi connectivity index (χ2n) is 4.08. The number of sulfone groups is 1. The molecule has 0 fully saturated rings.